The van der Waals surface area contributed by atoms with E-state index in [1.54, 1.807) is 0 Å². The summed E-state index contributed by atoms with van der Waals surface area (Å²) in [6.45, 7) is 1.93. The van der Waals surface area contributed by atoms with Crippen LogP contribution in [0, 0.1) is 0 Å². The number of Topliss-reactive ketones (excluding diaryl/α,β-unsaturated/α-hetero) is 1. The number of carbonyl (C=O) groups excluding carboxylic acids is 1. The summed E-state index contributed by atoms with van der Waals surface area (Å²) in [5, 5.41) is 0. The molecule has 1 fully saturated rings. The Kier molecular flexibility index (Phi) is 3.00. The van der Waals surface area contributed by atoms with Gasteiger partial charge in [0.25, 0.3) is 0 Å². The first-order valence-corrected chi connectivity index (χ1v) is 5.59. The molecule has 0 spiro atoms. The molecule has 1 saturated carbocycles. The number of ketones is 1. The maximum atomic E-state index is 11.5. The Morgan fingerprint density at radius 1 is 1.20 bits per heavy atom. The lowest BCUT2D eigenvalue weighted by Gasteiger charge is -2.05. The second-order valence-corrected chi connectivity index (χ2v) is 4.02. The summed E-state index contributed by atoms with van der Waals surface area (Å²) < 4.78 is 0. The van der Waals surface area contributed by atoms with Crippen molar-refractivity contribution in [1.29, 1.82) is 0 Å². The molecule has 2 rings (SSSR count). The number of allylic oxidation sites excluding steroid dienone is 2. The molecule has 0 aromatic heterocycles. The van der Waals surface area contributed by atoms with Crippen molar-refractivity contribution in [2.45, 2.75) is 32.6 Å². The van der Waals surface area contributed by atoms with E-state index in [-0.39, 0.29) is 0 Å². The van der Waals surface area contributed by atoms with Gasteiger partial charge in [-0.3, -0.25) is 4.79 Å². The van der Waals surface area contributed by atoms with E-state index in [9.17, 15) is 4.79 Å². The molecule has 0 N–H and O–H groups in total. The van der Waals surface area contributed by atoms with Gasteiger partial charge in [-0.05, 0) is 24.0 Å². The van der Waals surface area contributed by atoms with Crippen molar-refractivity contribution in [3.8, 4) is 0 Å². The molecule has 1 aliphatic carbocycles. The van der Waals surface area contributed by atoms with E-state index < -0.39 is 0 Å². The molecule has 0 radical (unpaired) electrons. The van der Waals surface area contributed by atoms with Gasteiger partial charge in [-0.1, -0.05) is 42.8 Å². The molecular formula is C14H16O. The number of hydrogen-bond acceptors (Lipinski definition) is 1. The van der Waals surface area contributed by atoms with Gasteiger partial charge in [-0.2, -0.15) is 0 Å². The molecule has 1 aromatic carbocycles. The predicted molar refractivity (Wildman–Crippen MR) is 62.5 cm³/mol. The van der Waals surface area contributed by atoms with Gasteiger partial charge in [-0.15, -0.1) is 0 Å². The fourth-order valence-corrected chi connectivity index (χ4v) is 1.76. The molecule has 0 unspecified atom stereocenters. The fraction of sp³-hybridized carbons (Fsp3) is 0.357. The highest BCUT2D eigenvalue weighted by Crippen LogP contribution is 2.38. The minimum absolute atomic E-state index is 0.341. The van der Waals surface area contributed by atoms with Crippen LogP contribution in [-0.4, -0.2) is 5.78 Å². The molecule has 0 aliphatic heterocycles. The lowest BCUT2D eigenvalue weighted by Crippen LogP contribution is -1.97. The molecule has 0 bridgehead atoms. The number of benzene rings is 1. The zero-order valence-corrected chi connectivity index (χ0v) is 9.12. The minimum atomic E-state index is 0.341. The largest absolute Gasteiger partial charge is 0.299 e. The maximum Gasteiger partial charge on any atom is 0.137 e. The van der Waals surface area contributed by atoms with E-state index >= 15 is 0 Å². The number of hydrogen-bond donors (Lipinski definition) is 0. The van der Waals surface area contributed by atoms with Gasteiger partial charge in [0.15, 0.2) is 0 Å². The van der Waals surface area contributed by atoms with E-state index in [0.29, 0.717) is 18.6 Å². The average Bonchev–Trinajstić information content (AvgIpc) is 3.10. The lowest BCUT2D eigenvalue weighted by atomic mass is 9.99. The average molecular weight is 200 g/mol. The van der Waals surface area contributed by atoms with Crippen LogP contribution < -0.4 is 0 Å². The van der Waals surface area contributed by atoms with E-state index in [1.807, 2.05) is 25.1 Å². The van der Waals surface area contributed by atoms with Crippen molar-refractivity contribution in [2.75, 3.05) is 0 Å². The van der Waals surface area contributed by atoms with Crippen LogP contribution in [0.5, 0.6) is 0 Å². The Morgan fingerprint density at radius 2 is 1.87 bits per heavy atom. The second-order valence-electron chi connectivity index (χ2n) is 4.02. The zero-order valence-electron chi connectivity index (χ0n) is 9.12. The quantitative estimate of drug-likeness (QED) is 0.725. The van der Waals surface area contributed by atoms with Crippen molar-refractivity contribution in [3.05, 3.63) is 41.5 Å². The lowest BCUT2D eigenvalue weighted by molar-refractivity contribution is -0.117. The van der Waals surface area contributed by atoms with Crippen molar-refractivity contribution in [3.63, 3.8) is 0 Å². The van der Waals surface area contributed by atoms with Gasteiger partial charge >= 0.3 is 0 Å². The van der Waals surface area contributed by atoms with Crippen LogP contribution in [0.2, 0.25) is 0 Å². The fourth-order valence-electron chi connectivity index (χ4n) is 1.76. The van der Waals surface area contributed by atoms with Crippen molar-refractivity contribution < 1.29 is 4.79 Å². The maximum absolute atomic E-state index is 11.5. The standard InChI is InChI=1S/C14H16O/c1-2-13(15)10-14(12-8-9-12)11-6-4-3-5-7-11/h3-7H,2,8-10H2,1H3. The molecule has 1 nitrogen and oxygen atoms in total. The summed E-state index contributed by atoms with van der Waals surface area (Å²) in [6.07, 6.45) is 3.63. The summed E-state index contributed by atoms with van der Waals surface area (Å²) in [4.78, 5) is 11.5. The molecule has 0 amide bonds. The Labute approximate surface area is 90.8 Å². The van der Waals surface area contributed by atoms with Gasteiger partial charge in [0, 0.05) is 12.8 Å². The normalized spacial score (nSPS) is 13.8. The molecule has 15 heavy (non-hydrogen) atoms. The van der Waals surface area contributed by atoms with Crippen LogP contribution in [0.15, 0.2) is 35.9 Å². The van der Waals surface area contributed by atoms with Crippen LogP contribution in [0.25, 0.3) is 5.57 Å². The Morgan fingerprint density at radius 3 is 2.40 bits per heavy atom. The highest BCUT2D eigenvalue weighted by molar-refractivity contribution is 5.91. The Balaban J connectivity index is 2.23. The van der Waals surface area contributed by atoms with Crippen molar-refractivity contribution >= 4 is 11.4 Å². The van der Waals surface area contributed by atoms with E-state index in [2.05, 4.69) is 12.1 Å². The van der Waals surface area contributed by atoms with Crippen LogP contribution >= 0.6 is 0 Å². The number of carbonyl (C=O) groups is 1. The van der Waals surface area contributed by atoms with Crippen LogP contribution in [0.3, 0.4) is 0 Å². The molecule has 1 heteroatoms. The topological polar surface area (TPSA) is 17.1 Å². The highest BCUT2D eigenvalue weighted by Gasteiger charge is 2.20. The molecule has 78 valence electrons. The SMILES string of the molecule is CCC(=O)CC(=C1CC1)c1ccccc1. The summed E-state index contributed by atoms with van der Waals surface area (Å²) in [5.41, 5.74) is 3.98. The third kappa shape index (κ3) is 2.56. The molecule has 0 heterocycles. The summed E-state index contributed by atoms with van der Waals surface area (Å²) in [5.74, 6) is 0.341. The van der Waals surface area contributed by atoms with E-state index in [4.69, 9.17) is 0 Å². The smallest absolute Gasteiger partial charge is 0.137 e. The Hall–Kier alpha value is -1.37. The number of rotatable bonds is 4. The van der Waals surface area contributed by atoms with E-state index in [1.165, 1.54) is 29.6 Å². The first-order chi connectivity index (χ1) is 7.31. The molecule has 0 atom stereocenters. The van der Waals surface area contributed by atoms with Crippen LogP contribution in [0.1, 0.15) is 38.2 Å². The van der Waals surface area contributed by atoms with Crippen molar-refractivity contribution in [2.24, 2.45) is 0 Å². The monoisotopic (exact) mass is 200 g/mol. The third-order valence-corrected chi connectivity index (χ3v) is 2.82. The van der Waals surface area contributed by atoms with Crippen LogP contribution in [-0.2, 0) is 4.79 Å². The summed E-state index contributed by atoms with van der Waals surface area (Å²) in [7, 11) is 0. The third-order valence-electron chi connectivity index (χ3n) is 2.82. The predicted octanol–water partition coefficient (Wildman–Crippen LogP) is 3.60. The van der Waals surface area contributed by atoms with Gasteiger partial charge < -0.3 is 0 Å². The van der Waals surface area contributed by atoms with Gasteiger partial charge in [-0.25, -0.2) is 0 Å². The van der Waals surface area contributed by atoms with Gasteiger partial charge in [0.05, 0.1) is 0 Å². The first-order valence-electron chi connectivity index (χ1n) is 5.59. The molecule has 1 aliphatic rings. The highest BCUT2D eigenvalue weighted by atomic mass is 16.1. The summed E-state index contributed by atoms with van der Waals surface area (Å²) in [6, 6.07) is 10.3. The van der Waals surface area contributed by atoms with Gasteiger partial charge in [0.1, 0.15) is 5.78 Å². The van der Waals surface area contributed by atoms with Crippen molar-refractivity contribution in [1.82, 2.24) is 0 Å². The molecule has 0 saturated heterocycles. The van der Waals surface area contributed by atoms with E-state index in [0.717, 1.165) is 0 Å². The zero-order chi connectivity index (χ0) is 10.7. The second kappa shape index (κ2) is 4.43. The van der Waals surface area contributed by atoms with Crippen LogP contribution in [0.4, 0.5) is 0 Å². The first kappa shape index (κ1) is 10.2. The molecular weight excluding hydrogens is 184 g/mol. The summed E-state index contributed by atoms with van der Waals surface area (Å²) >= 11 is 0. The minimum Gasteiger partial charge on any atom is -0.299 e. The van der Waals surface area contributed by atoms with Gasteiger partial charge in [0.2, 0.25) is 0 Å². The molecule has 1 aromatic rings. The Bertz CT molecular complexity index is 381.